The first-order chi connectivity index (χ1) is 15.3. The van der Waals surface area contributed by atoms with Crippen molar-refractivity contribution in [2.75, 3.05) is 18.4 Å². The predicted octanol–water partition coefficient (Wildman–Crippen LogP) is 3.67. The molecule has 0 radical (unpaired) electrons. The first-order valence-electron chi connectivity index (χ1n) is 11.2. The summed E-state index contributed by atoms with van der Waals surface area (Å²) in [6.07, 6.45) is 7.53. The van der Waals surface area contributed by atoms with Crippen molar-refractivity contribution in [3.05, 3.63) is 71.5 Å². The largest absolute Gasteiger partial charge is 0.358 e. The van der Waals surface area contributed by atoms with E-state index >= 15 is 0 Å². The number of carbonyl (C=O) groups is 1. The van der Waals surface area contributed by atoms with Gasteiger partial charge in [-0.05, 0) is 56.2 Å². The van der Waals surface area contributed by atoms with Crippen LogP contribution in [0.15, 0.2) is 54.7 Å². The topological polar surface area (TPSA) is 71.0 Å². The number of nitrogens with one attached hydrogen (secondary N) is 1. The van der Waals surface area contributed by atoms with E-state index in [9.17, 15) is 4.79 Å². The van der Waals surface area contributed by atoms with E-state index in [1.54, 1.807) is 6.20 Å². The van der Waals surface area contributed by atoms with Crippen LogP contribution >= 0.6 is 0 Å². The van der Waals surface area contributed by atoms with Crippen molar-refractivity contribution in [2.24, 2.45) is 0 Å². The Morgan fingerprint density at radius 1 is 1.03 bits per heavy atom. The number of aryl methyl sites for hydroxylation is 2. The van der Waals surface area contributed by atoms with Crippen LogP contribution in [-0.2, 0) is 24.1 Å². The van der Waals surface area contributed by atoms with Crippen molar-refractivity contribution >= 4 is 11.7 Å². The zero-order valence-electron chi connectivity index (χ0n) is 17.6. The lowest BCUT2D eigenvalue weighted by Crippen LogP contribution is -2.34. The van der Waals surface area contributed by atoms with Gasteiger partial charge >= 0.3 is 0 Å². The standard InChI is InChI=1S/C25H27N5O/c31-25-22(14-17-30(25)16-7-10-18-8-2-1-3-9-18)28-23-19-11-6-13-20(19)27-24(29-23)21-12-4-5-15-26-21/h1-5,8-9,12,15,22H,6-7,10-11,13-14,16-17H2,(H,27,28,29). The molecule has 1 fully saturated rings. The molecule has 1 amide bonds. The molecule has 0 saturated carbocycles. The highest BCUT2D eigenvalue weighted by molar-refractivity contribution is 5.86. The number of rotatable bonds is 7. The van der Waals surface area contributed by atoms with Crippen LogP contribution in [0.2, 0.25) is 0 Å². The lowest BCUT2D eigenvalue weighted by atomic mass is 10.1. The van der Waals surface area contributed by atoms with E-state index in [4.69, 9.17) is 9.97 Å². The van der Waals surface area contributed by atoms with Gasteiger partial charge in [0.05, 0.1) is 0 Å². The summed E-state index contributed by atoms with van der Waals surface area (Å²) in [4.78, 5) is 28.9. The molecule has 2 aromatic heterocycles. The number of anilines is 1. The van der Waals surface area contributed by atoms with Gasteiger partial charge in [-0.25, -0.2) is 9.97 Å². The highest BCUT2D eigenvalue weighted by atomic mass is 16.2. The number of hydrogen-bond acceptors (Lipinski definition) is 5. The third-order valence-corrected chi connectivity index (χ3v) is 6.17. The van der Waals surface area contributed by atoms with E-state index in [0.29, 0.717) is 5.82 Å². The fourth-order valence-electron chi connectivity index (χ4n) is 4.54. The quantitative estimate of drug-likeness (QED) is 0.640. The van der Waals surface area contributed by atoms with Gasteiger partial charge in [0, 0.05) is 30.5 Å². The van der Waals surface area contributed by atoms with Gasteiger partial charge < -0.3 is 10.2 Å². The molecule has 158 valence electrons. The Kier molecular flexibility index (Phi) is 5.61. The molecule has 3 heterocycles. The first kappa shape index (κ1) is 19.7. The summed E-state index contributed by atoms with van der Waals surface area (Å²) >= 11 is 0. The second-order valence-corrected chi connectivity index (χ2v) is 8.29. The molecule has 1 saturated heterocycles. The van der Waals surface area contributed by atoms with Crippen LogP contribution in [0.1, 0.15) is 36.1 Å². The molecular formula is C25H27N5O. The number of benzene rings is 1. The summed E-state index contributed by atoms with van der Waals surface area (Å²) in [6.45, 7) is 1.60. The molecule has 2 aliphatic rings. The van der Waals surface area contributed by atoms with E-state index in [2.05, 4.69) is 34.6 Å². The number of nitrogens with zero attached hydrogens (tertiary/aromatic N) is 4. The van der Waals surface area contributed by atoms with Gasteiger partial charge in [-0.3, -0.25) is 9.78 Å². The molecule has 6 heteroatoms. The van der Waals surface area contributed by atoms with Crippen LogP contribution in [0.25, 0.3) is 11.5 Å². The first-order valence-corrected chi connectivity index (χ1v) is 11.2. The maximum Gasteiger partial charge on any atom is 0.245 e. The van der Waals surface area contributed by atoms with Crippen LogP contribution in [0.4, 0.5) is 5.82 Å². The number of hydrogen-bond donors (Lipinski definition) is 1. The predicted molar refractivity (Wildman–Crippen MR) is 121 cm³/mol. The molecule has 1 unspecified atom stereocenters. The van der Waals surface area contributed by atoms with Gasteiger partial charge in [0.1, 0.15) is 17.6 Å². The van der Waals surface area contributed by atoms with Gasteiger partial charge in [0.2, 0.25) is 5.91 Å². The van der Waals surface area contributed by atoms with Crippen LogP contribution in [0.3, 0.4) is 0 Å². The Morgan fingerprint density at radius 2 is 1.90 bits per heavy atom. The highest BCUT2D eigenvalue weighted by Gasteiger charge is 2.32. The Labute approximate surface area is 182 Å². The second-order valence-electron chi connectivity index (χ2n) is 8.29. The van der Waals surface area contributed by atoms with Gasteiger partial charge in [0.25, 0.3) is 0 Å². The molecule has 1 aromatic carbocycles. The minimum Gasteiger partial charge on any atom is -0.358 e. The van der Waals surface area contributed by atoms with Crippen molar-refractivity contribution in [3.63, 3.8) is 0 Å². The number of amides is 1. The average Bonchev–Trinajstić information content (AvgIpc) is 3.43. The number of aromatic nitrogens is 3. The SMILES string of the molecule is O=C1C(Nc2nc(-c3ccccn3)nc3c2CCC3)CCN1CCCc1ccccc1. The Hall–Kier alpha value is -3.28. The van der Waals surface area contributed by atoms with Gasteiger partial charge in [-0.15, -0.1) is 0 Å². The summed E-state index contributed by atoms with van der Waals surface area (Å²) in [5.41, 5.74) is 4.33. The maximum atomic E-state index is 13.0. The van der Waals surface area contributed by atoms with Crippen molar-refractivity contribution in [2.45, 2.75) is 44.6 Å². The number of fused-ring (bicyclic) bond motifs is 1. The monoisotopic (exact) mass is 413 g/mol. The van der Waals surface area contributed by atoms with Gasteiger partial charge in [-0.2, -0.15) is 0 Å². The molecule has 1 atom stereocenters. The molecule has 31 heavy (non-hydrogen) atoms. The van der Waals surface area contributed by atoms with E-state index in [1.807, 2.05) is 29.2 Å². The smallest absolute Gasteiger partial charge is 0.245 e. The normalized spacial score (nSPS) is 17.7. The second kappa shape index (κ2) is 8.84. The molecule has 1 aliphatic heterocycles. The fraction of sp³-hybridized carbons (Fsp3) is 0.360. The molecule has 1 N–H and O–H groups in total. The van der Waals surface area contributed by atoms with Crippen LogP contribution in [0.5, 0.6) is 0 Å². The Balaban J connectivity index is 1.27. The summed E-state index contributed by atoms with van der Waals surface area (Å²) < 4.78 is 0. The molecule has 0 spiro atoms. The molecule has 6 nitrogen and oxygen atoms in total. The number of carbonyl (C=O) groups excluding carboxylic acids is 1. The Bertz CT molecular complexity index is 1050. The molecular weight excluding hydrogens is 386 g/mol. The van der Waals surface area contributed by atoms with Crippen LogP contribution in [-0.4, -0.2) is 44.9 Å². The van der Waals surface area contributed by atoms with Crippen molar-refractivity contribution in [3.8, 4) is 11.5 Å². The average molecular weight is 414 g/mol. The van der Waals surface area contributed by atoms with Crippen LogP contribution in [0, 0.1) is 0 Å². The summed E-state index contributed by atoms with van der Waals surface area (Å²) in [7, 11) is 0. The van der Waals surface area contributed by atoms with E-state index in [1.165, 1.54) is 5.56 Å². The zero-order valence-corrected chi connectivity index (χ0v) is 17.6. The van der Waals surface area contributed by atoms with E-state index in [-0.39, 0.29) is 11.9 Å². The summed E-state index contributed by atoms with van der Waals surface area (Å²) in [6, 6.07) is 16.0. The van der Waals surface area contributed by atoms with Crippen molar-refractivity contribution in [1.29, 1.82) is 0 Å². The summed E-state index contributed by atoms with van der Waals surface area (Å²) in [5.74, 6) is 1.62. The molecule has 0 bridgehead atoms. The number of pyridine rings is 1. The molecule has 5 rings (SSSR count). The van der Waals surface area contributed by atoms with Gasteiger partial charge in [-0.1, -0.05) is 36.4 Å². The fourth-order valence-corrected chi connectivity index (χ4v) is 4.54. The Morgan fingerprint density at radius 3 is 2.74 bits per heavy atom. The summed E-state index contributed by atoms with van der Waals surface area (Å²) in [5, 5.41) is 3.47. The molecule has 1 aliphatic carbocycles. The third kappa shape index (κ3) is 4.29. The van der Waals surface area contributed by atoms with Gasteiger partial charge in [0.15, 0.2) is 5.82 Å². The van der Waals surface area contributed by atoms with E-state index in [0.717, 1.165) is 74.4 Å². The number of likely N-dealkylation sites (tertiary alicyclic amines) is 1. The molecule has 3 aromatic rings. The highest BCUT2D eigenvalue weighted by Crippen LogP contribution is 2.30. The third-order valence-electron chi connectivity index (χ3n) is 6.17. The lowest BCUT2D eigenvalue weighted by molar-refractivity contribution is -0.128. The van der Waals surface area contributed by atoms with Crippen molar-refractivity contribution < 1.29 is 4.79 Å². The lowest BCUT2D eigenvalue weighted by Gasteiger charge is -2.18. The van der Waals surface area contributed by atoms with E-state index < -0.39 is 0 Å². The minimum absolute atomic E-state index is 0.179. The maximum absolute atomic E-state index is 13.0. The van der Waals surface area contributed by atoms with Crippen LogP contribution < -0.4 is 5.32 Å². The minimum atomic E-state index is -0.215. The van der Waals surface area contributed by atoms with Crippen molar-refractivity contribution in [1.82, 2.24) is 19.9 Å². The zero-order chi connectivity index (χ0) is 21.0.